The van der Waals surface area contributed by atoms with Crippen LogP contribution in [-0.2, 0) is 0 Å². The van der Waals surface area contributed by atoms with Crippen LogP contribution in [0, 0.1) is 5.82 Å². The van der Waals surface area contributed by atoms with Crippen LogP contribution in [0.3, 0.4) is 0 Å². The Bertz CT molecular complexity index is 414. The lowest BCUT2D eigenvalue weighted by Crippen LogP contribution is -2.10. The maximum absolute atomic E-state index is 12.9. The summed E-state index contributed by atoms with van der Waals surface area (Å²) in [4.78, 5) is 5.69. The van der Waals surface area contributed by atoms with Crippen molar-refractivity contribution >= 4 is 11.7 Å². The van der Waals surface area contributed by atoms with Crippen LogP contribution in [0.15, 0.2) is 41.1 Å². The molecule has 0 aliphatic rings. The Kier molecular flexibility index (Phi) is 2.18. The van der Waals surface area contributed by atoms with Crippen molar-refractivity contribution in [3.8, 4) is 0 Å². The molecule has 0 spiro atoms. The molecule has 0 radical (unpaired) electrons. The fraction of sp³-hybridized carbons (Fsp3) is 0.100. The standard InChI is InChI=1S/C10H9FN2O/c1-13(10-3-2-6-14-10)9-7-8(11)4-5-12-9/h2-7H,1H3. The molecule has 0 aliphatic carbocycles. The first-order valence-electron chi connectivity index (χ1n) is 4.16. The van der Waals surface area contributed by atoms with Crippen LogP contribution in [0.4, 0.5) is 16.1 Å². The van der Waals surface area contributed by atoms with Crippen molar-refractivity contribution in [2.75, 3.05) is 11.9 Å². The Morgan fingerprint density at radius 1 is 1.43 bits per heavy atom. The number of rotatable bonds is 2. The number of anilines is 2. The molecule has 0 amide bonds. The topological polar surface area (TPSA) is 29.3 Å². The fourth-order valence-corrected chi connectivity index (χ4v) is 1.15. The molecule has 0 aliphatic heterocycles. The van der Waals surface area contributed by atoms with Crippen LogP contribution >= 0.6 is 0 Å². The molecule has 0 aromatic carbocycles. The summed E-state index contributed by atoms with van der Waals surface area (Å²) in [5.41, 5.74) is 0. The average Bonchev–Trinajstić information content (AvgIpc) is 2.69. The number of halogens is 1. The number of hydrogen-bond donors (Lipinski definition) is 0. The first-order chi connectivity index (χ1) is 6.77. The minimum Gasteiger partial charge on any atom is -0.448 e. The second-order valence-electron chi connectivity index (χ2n) is 2.84. The van der Waals surface area contributed by atoms with Crippen molar-refractivity contribution < 1.29 is 8.81 Å². The predicted octanol–water partition coefficient (Wildman–Crippen LogP) is 2.58. The fourth-order valence-electron chi connectivity index (χ4n) is 1.15. The molecule has 2 rings (SSSR count). The lowest BCUT2D eigenvalue weighted by atomic mass is 10.4. The molecule has 0 saturated heterocycles. The molecule has 14 heavy (non-hydrogen) atoms. The van der Waals surface area contributed by atoms with Crippen LogP contribution in [0.1, 0.15) is 0 Å². The van der Waals surface area contributed by atoms with E-state index in [-0.39, 0.29) is 5.82 Å². The van der Waals surface area contributed by atoms with Gasteiger partial charge in [0.2, 0.25) is 5.88 Å². The molecule has 0 unspecified atom stereocenters. The van der Waals surface area contributed by atoms with E-state index in [0.717, 1.165) is 0 Å². The Morgan fingerprint density at radius 2 is 2.29 bits per heavy atom. The molecule has 0 saturated carbocycles. The van der Waals surface area contributed by atoms with Crippen LogP contribution in [0.2, 0.25) is 0 Å². The van der Waals surface area contributed by atoms with Crippen LogP contribution in [0.25, 0.3) is 0 Å². The first-order valence-corrected chi connectivity index (χ1v) is 4.16. The highest BCUT2D eigenvalue weighted by atomic mass is 19.1. The van der Waals surface area contributed by atoms with Crippen LogP contribution in [0.5, 0.6) is 0 Å². The summed E-state index contributed by atoms with van der Waals surface area (Å²) in [7, 11) is 1.76. The number of pyridine rings is 1. The third-order valence-corrected chi connectivity index (χ3v) is 1.89. The van der Waals surface area contributed by atoms with Crippen molar-refractivity contribution in [2.45, 2.75) is 0 Å². The molecule has 2 aromatic heterocycles. The number of nitrogens with zero attached hydrogens (tertiary/aromatic N) is 2. The molecular weight excluding hydrogens is 183 g/mol. The van der Waals surface area contributed by atoms with E-state index in [1.807, 2.05) is 0 Å². The number of furan rings is 1. The third-order valence-electron chi connectivity index (χ3n) is 1.89. The van der Waals surface area contributed by atoms with Gasteiger partial charge in [0, 0.05) is 25.4 Å². The van der Waals surface area contributed by atoms with Crippen LogP contribution < -0.4 is 4.90 Å². The summed E-state index contributed by atoms with van der Waals surface area (Å²) in [6, 6.07) is 6.21. The van der Waals surface area contributed by atoms with Gasteiger partial charge in [0.1, 0.15) is 11.6 Å². The maximum atomic E-state index is 12.9. The minimum absolute atomic E-state index is 0.312. The van der Waals surface area contributed by atoms with E-state index in [9.17, 15) is 4.39 Å². The van der Waals surface area contributed by atoms with E-state index in [0.29, 0.717) is 11.7 Å². The van der Waals surface area contributed by atoms with Gasteiger partial charge in [-0.3, -0.25) is 4.90 Å². The van der Waals surface area contributed by atoms with Gasteiger partial charge in [0.05, 0.1) is 6.26 Å². The third kappa shape index (κ3) is 1.59. The molecule has 72 valence electrons. The normalized spacial score (nSPS) is 10.1. The van der Waals surface area contributed by atoms with Crippen molar-refractivity contribution in [1.29, 1.82) is 0 Å². The van der Waals surface area contributed by atoms with Gasteiger partial charge in [-0.05, 0) is 12.1 Å². The molecular formula is C10H9FN2O. The van der Waals surface area contributed by atoms with Gasteiger partial charge in [0.25, 0.3) is 0 Å². The van der Waals surface area contributed by atoms with E-state index in [2.05, 4.69) is 4.98 Å². The van der Waals surface area contributed by atoms with Gasteiger partial charge in [-0.2, -0.15) is 0 Å². The van der Waals surface area contributed by atoms with Gasteiger partial charge in [-0.15, -0.1) is 0 Å². The predicted molar refractivity (Wildman–Crippen MR) is 51.0 cm³/mol. The first kappa shape index (κ1) is 8.74. The second-order valence-corrected chi connectivity index (χ2v) is 2.84. The Balaban J connectivity index is 2.32. The summed E-state index contributed by atoms with van der Waals surface area (Å²) >= 11 is 0. The summed E-state index contributed by atoms with van der Waals surface area (Å²) in [6.07, 6.45) is 2.98. The maximum Gasteiger partial charge on any atom is 0.200 e. The average molecular weight is 192 g/mol. The summed E-state index contributed by atoms with van der Waals surface area (Å²) < 4.78 is 18.0. The second kappa shape index (κ2) is 3.49. The monoisotopic (exact) mass is 192 g/mol. The van der Waals surface area contributed by atoms with E-state index in [4.69, 9.17) is 4.42 Å². The number of hydrogen-bond acceptors (Lipinski definition) is 3. The molecule has 3 nitrogen and oxygen atoms in total. The zero-order chi connectivity index (χ0) is 9.97. The number of aromatic nitrogens is 1. The largest absolute Gasteiger partial charge is 0.448 e. The SMILES string of the molecule is CN(c1cc(F)ccn1)c1ccco1. The Hall–Kier alpha value is -1.84. The van der Waals surface area contributed by atoms with Gasteiger partial charge < -0.3 is 4.42 Å². The summed E-state index contributed by atoms with van der Waals surface area (Å²) in [5, 5.41) is 0. The Morgan fingerprint density at radius 3 is 2.93 bits per heavy atom. The van der Waals surface area contributed by atoms with Crippen molar-refractivity contribution in [3.63, 3.8) is 0 Å². The van der Waals surface area contributed by atoms with Crippen molar-refractivity contribution in [1.82, 2.24) is 4.98 Å². The summed E-state index contributed by atoms with van der Waals surface area (Å²) in [5.74, 6) is 0.830. The lowest BCUT2D eigenvalue weighted by Gasteiger charge is -2.13. The van der Waals surface area contributed by atoms with E-state index < -0.39 is 0 Å². The van der Waals surface area contributed by atoms with Gasteiger partial charge >= 0.3 is 0 Å². The van der Waals surface area contributed by atoms with Crippen molar-refractivity contribution in [3.05, 3.63) is 42.5 Å². The quantitative estimate of drug-likeness (QED) is 0.732. The van der Waals surface area contributed by atoms with Crippen LogP contribution in [-0.4, -0.2) is 12.0 Å². The van der Waals surface area contributed by atoms with Crippen molar-refractivity contribution in [2.24, 2.45) is 0 Å². The van der Waals surface area contributed by atoms with Gasteiger partial charge in [0.15, 0.2) is 0 Å². The zero-order valence-corrected chi connectivity index (χ0v) is 7.64. The molecule has 2 heterocycles. The van der Waals surface area contributed by atoms with E-state index in [1.165, 1.54) is 18.3 Å². The summed E-state index contributed by atoms with van der Waals surface area (Å²) in [6.45, 7) is 0. The molecule has 0 fully saturated rings. The molecule has 0 bridgehead atoms. The lowest BCUT2D eigenvalue weighted by molar-refractivity contribution is 0.568. The minimum atomic E-state index is -0.312. The molecule has 0 N–H and O–H groups in total. The van der Waals surface area contributed by atoms with E-state index >= 15 is 0 Å². The highest BCUT2D eigenvalue weighted by Gasteiger charge is 2.07. The smallest absolute Gasteiger partial charge is 0.200 e. The zero-order valence-electron chi connectivity index (χ0n) is 7.64. The highest BCUT2D eigenvalue weighted by molar-refractivity contribution is 5.52. The van der Waals surface area contributed by atoms with Gasteiger partial charge in [-0.25, -0.2) is 9.37 Å². The van der Waals surface area contributed by atoms with E-state index in [1.54, 1.807) is 30.3 Å². The molecule has 2 aromatic rings. The molecule has 4 heteroatoms. The Labute approximate surface area is 80.8 Å². The highest BCUT2D eigenvalue weighted by Crippen LogP contribution is 2.21. The van der Waals surface area contributed by atoms with Gasteiger partial charge in [-0.1, -0.05) is 0 Å². The molecule has 0 atom stereocenters.